The molecule has 0 radical (unpaired) electrons. The number of ether oxygens (including phenoxy) is 1. The predicted molar refractivity (Wildman–Crippen MR) is 290 cm³/mol. The van der Waals surface area contributed by atoms with Gasteiger partial charge in [-0.1, -0.05) is 161 Å². The van der Waals surface area contributed by atoms with Crippen LogP contribution in [0.15, 0.2) is 84.9 Å². The fraction of sp³-hybridized carbons (Fsp3) is 0.424. The summed E-state index contributed by atoms with van der Waals surface area (Å²) < 4.78 is 54.4. The number of anilines is 6. The van der Waals surface area contributed by atoms with Crippen molar-refractivity contribution in [2.45, 2.75) is 163 Å². The maximum Gasteiger partial charge on any atom is 0.573 e. The van der Waals surface area contributed by atoms with E-state index in [9.17, 15) is 13.2 Å². The van der Waals surface area contributed by atoms with Gasteiger partial charge in [-0.15, -0.1) is 35.8 Å². The zero-order valence-corrected chi connectivity index (χ0v) is 45.0. The van der Waals surface area contributed by atoms with Crippen molar-refractivity contribution in [2.24, 2.45) is 0 Å². The van der Waals surface area contributed by atoms with Crippen LogP contribution in [0.3, 0.4) is 0 Å². The van der Waals surface area contributed by atoms with Crippen molar-refractivity contribution in [3.05, 3.63) is 118 Å². The van der Waals surface area contributed by atoms with Crippen molar-refractivity contribution in [2.75, 3.05) is 9.80 Å². The molecule has 2 aliphatic heterocycles. The first kappa shape index (κ1) is 48.3. The maximum absolute atomic E-state index is 14.8. The third-order valence-corrected chi connectivity index (χ3v) is 16.6. The zero-order chi connectivity index (χ0) is 49.8. The number of nitrogens with zero attached hydrogens (tertiary/aromatic N) is 2. The minimum absolute atomic E-state index is 0.103. The summed E-state index contributed by atoms with van der Waals surface area (Å²) in [4.78, 5) is 4.52. The number of fused-ring (bicyclic) bond motifs is 8. The molecule has 5 aromatic carbocycles. The van der Waals surface area contributed by atoms with Crippen molar-refractivity contribution in [1.82, 2.24) is 0 Å². The van der Waals surface area contributed by atoms with Crippen LogP contribution >= 0.6 is 22.7 Å². The van der Waals surface area contributed by atoms with Gasteiger partial charge in [0, 0.05) is 64.6 Å². The van der Waals surface area contributed by atoms with E-state index >= 15 is 0 Å². The van der Waals surface area contributed by atoms with Gasteiger partial charge in [0.15, 0.2) is 0 Å². The molecule has 0 saturated heterocycles. The van der Waals surface area contributed by atoms with Crippen molar-refractivity contribution in [3.63, 3.8) is 0 Å². The highest BCUT2D eigenvalue weighted by Crippen LogP contribution is 2.54. The van der Waals surface area contributed by atoms with E-state index in [-0.39, 0.29) is 45.0 Å². The van der Waals surface area contributed by atoms with Crippen LogP contribution in [0.5, 0.6) is 5.75 Å². The number of alkyl halides is 3. The van der Waals surface area contributed by atoms with E-state index in [1.165, 1.54) is 52.3 Å². The van der Waals surface area contributed by atoms with Crippen LogP contribution in [-0.2, 0) is 32.5 Å². The van der Waals surface area contributed by atoms with E-state index in [2.05, 4.69) is 207 Å². The molecule has 7 aromatic rings. The smallest absolute Gasteiger partial charge is 0.406 e. The Kier molecular flexibility index (Phi) is 10.9. The SMILES string of the molecule is CC(C)(C)c1ccc(N2c3cc(OC(F)(F)F)cc4c3B(c3sc5c(C(C)(C)C)cc(C(C)(C)C)cc5c32)c2sc3c(C(C)(C)C)cc(C(C)(C)C)cc3c2N4c2ccc(C(C)(C)C)cc2)cc1. The summed E-state index contributed by atoms with van der Waals surface area (Å²) in [6.07, 6.45) is -4.92. The third kappa shape index (κ3) is 8.25. The van der Waals surface area contributed by atoms with Crippen molar-refractivity contribution < 1.29 is 17.9 Å². The van der Waals surface area contributed by atoms with E-state index in [1.807, 2.05) is 22.7 Å². The van der Waals surface area contributed by atoms with Crippen LogP contribution in [0, 0.1) is 0 Å². The van der Waals surface area contributed by atoms with Crippen molar-refractivity contribution >= 4 is 98.7 Å². The van der Waals surface area contributed by atoms with Gasteiger partial charge in [-0.25, -0.2) is 0 Å². The average Bonchev–Trinajstić information content (AvgIpc) is 3.76. The van der Waals surface area contributed by atoms with Crippen LogP contribution < -0.4 is 29.6 Å². The first-order valence-electron chi connectivity index (χ1n) is 24.1. The summed E-state index contributed by atoms with van der Waals surface area (Å²) >= 11 is 3.72. The van der Waals surface area contributed by atoms with Crippen LogP contribution in [0.2, 0.25) is 0 Å². The molecule has 3 nitrogen and oxygen atoms in total. The molecule has 0 N–H and O–H groups in total. The monoisotopic (exact) mass is 952 g/mol. The molecule has 0 saturated carbocycles. The molecule has 2 aliphatic rings. The van der Waals surface area contributed by atoms with Crippen LogP contribution in [-0.4, -0.2) is 13.1 Å². The Bertz CT molecular complexity index is 2930. The van der Waals surface area contributed by atoms with Gasteiger partial charge in [0.2, 0.25) is 0 Å². The highest BCUT2D eigenvalue weighted by atomic mass is 32.1. The summed E-state index contributed by atoms with van der Waals surface area (Å²) in [6, 6.07) is 30.1. The molecule has 0 spiro atoms. The first-order chi connectivity index (χ1) is 31.1. The Labute approximate surface area is 411 Å². The van der Waals surface area contributed by atoms with Gasteiger partial charge >= 0.3 is 6.36 Å². The molecule has 0 fully saturated rings. The molecule has 0 bridgehead atoms. The number of hydrogen-bond acceptors (Lipinski definition) is 5. The van der Waals surface area contributed by atoms with E-state index in [0.717, 1.165) is 39.0 Å². The summed E-state index contributed by atoms with van der Waals surface area (Å²) in [5.41, 5.74) is 12.6. The highest BCUT2D eigenvalue weighted by Gasteiger charge is 2.49. The fourth-order valence-corrected chi connectivity index (χ4v) is 13.4. The lowest BCUT2D eigenvalue weighted by Gasteiger charge is -2.42. The van der Waals surface area contributed by atoms with E-state index < -0.39 is 6.36 Å². The quantitative estimate of drug-likeness (QED) is 0.164. The normalized spacial score (nSPS) is 14.8. The number of halogens is 3. The first-order valence-corrected chi connectivity index (χ1v) is 25.7. The number of rotatable bonds is 3. The zero-order valence-electron chi connectivity index (χ0n) is 43.4. The van der Waals surface area contributed by atoms with E-state index in [0.29, 0.717) is 11.4 Å². The molecular formula is C59H68BF3N2OS2. The second-order valence-corrected chi connectivity index (χ2v) is 27.7. The van der Waals surface area contributed by atoms with E-state index in [1.54, 1.807) is 12.1 Å². The van der Waals surface area contributed by atoms with Crippen LogP contribution in [0.1, 0.15) is 158 Å². The fourth-order valence-electron chi connectivity index (χ4n) is 10.1. The summed E-state index contributed by atoms with van der Waals surface area (Å²) in [6.45, 7) is 40.2. The molecule has 0 aliphatic carbocycles. The second-order valence-electron chi connectivity index (χ2n) is 25.6. The Morgan fingerprint density at radius 1 is 0.426 bits per heavy atom. The summed E-state index contributed by atoms with van der Waals surface area (Å²) in [5.74, 6) is -0.250. The van der Waals surface area contributed by atoms with Crippen LogP contribution in [0.25, 0.3) is 20.2 Å². The second kappa shape index (κ2) is 15.4. The van der Waals surface area contributed by atoms with Gasteiger partial charge < -0.3 is 14.5 Å². The number of hydrogen-bond donors (Lipinski definition) is 0. The largest absolute Gasteiger partial charge is 0.573 e. The third-order valence-electron chi connectivity index (χ3n) is 14.0. The lowest BCUT2D eigenvalue weighted by Crippen LogP contribution is -2.59. The molecule has 9 rings (SSSR count). The Morgan fingerprint density at radius 3 is 1.06 bits per heavy atom. The maximum atomic E-state index is 14.8. The number of benzene rings is 5. The molecule has 356 valence electrons. The molecule has 0 amide bonds. The van der Waals surface area contributed by atoms with Crippen LogP contribution in [0.4, 0.5) is 47.3 Å². The van der Waals surface area contributed by atoms with Gasteiger partial charge in [0.1, 0.15) is 5.75 Å². The molecule has 68 heavy (non-hydrogen) atoms. The predicted octanol–water partition coefficient (Wildman–Crippen LogP) is 16.9. The Morgan fingerprint density at radius 2 is 0.765 bits per heavy atom. The summed E-state index contributed by atoms with van der Waals surface area (Å²) in [7, 11) is 0. The van der Waals surface area contributed by atoms with Crippen molar-refractivity contribution in [3.8, 4) is 5.75 Å². The molecule has 0 unspecified atom stereocenters. The highest BCUT2D eigenvalue weighted by molar-refractivity contribution is 7.41. The minimum Gasteiger partial charge on any atom is -0.406 e. The molecule has 9 heteroatoms. The average molecular weight is 953 g/mol. The molecule has 4 heterocycles. The minimum atomic E-state index is -4.92. The number of thiophene rings is 2. The van der Waals surface area contributed by atoms with Gasteiger partial charge in [-0.05, 0) is 108 Å². The van der Waals surface area contributed by atoms with E-state index in [4.69, 9.17) is 4.74 Å². The molecular weight excluding hydrogens is 885 g/mol. The standard InChI is InChI=1S/C59H68BF3N2OS2/c1-53(2,3)33-19-23-37(24-20-33)64-44-31-39(66-59(61,62)63)32-45-46(44)60(51-47(64)40-27-35(55(7,8)9)29-42(49(40)67-51)57(13,14)15)52-48(65(45)38-25-21-34(22-26-38)54(4,5)6)41-28-36(56(10,11)12)30-43(50(41)68-52)58(16,17)18/h19-32H,1-18H3. The Hall–Kier alpha value is -4.73. The lowest BCUT2D eigenvalue weighted by atomic mass is 9.39. The van der Waals surface area contributed by atoms with Crippen molar-refractivity contribution in [1.29, 1.82) is 0 Å². The molecule has 2 aromatic heterocycles. The lowest BCUT2D eigenvalue weighted by molar-refractivity contribution is -0.274. The van der Waals surface area contributed by atoms with Gasteiger partial charge in [-0.3, -0.25) is 0 Å². The molecule has 0 atom stereocenters. The van der Waals surface area contributed by atoms with Gasteiger partial charge in [0.25, 0.3) is 6.71 Å². The van der Waals surface area contributed by atoms with Gasteiger partial charge in [-0.2, -0.15) is 0 Å². The summed E-state index contributed by atoms with van der Waals surface area (Å²) in [5, 5.41) is 2.23. The topological polar surface area (TPSA) is 15.7 Å². The van der Waals surface area contributed by atoms with Gasteiger partial charge in [0.05, 0.1) is 11.4 Å². The Balaban J connectivity index is 1.51.